The van der Waals surface area contributed by atoms with Gasteiger partial charge in [0, 0.05) is 16.5 Å². The summed E-state index contributed by atoms with van der Waals surface area (Å²) in [4.78, 5) is 9.91. The lowest BCUT2D eigenvalue weighted by atomic mass is 9.99. The van der Waals surface area contributed by atoms with E-state index >= 15 is 0 Å². The maximum Gasteiger partial charge on any atom is 0.0979 e. The molecule has 0 spiro atoms. The molecule has 2 nitrogen and oxygen atoms in total. The fraction of sp³-hybridized carbons (Fsp3) is 0.0476. The van der Waals surface area contributed by atoms with Crippen molar-refractivity contribution in [2.75, 3.05) is 0 Å². The van der Waals surface area contributed by atoms with E-state index in [1.54, 1.807) is 0 Å². The Labute approximate surface area is 144 Å². The molecule has 0 atom stereocenters. The van der Waals surface area contributed by atoms with Crippen LogP contribution in [-0.4, -0.2) is 9.97 Å². The monoisotopic (exact) mass is 326 g/mol. The summed E-state index contributed by atoms with van der Waals surface area (Å²) in [6.07, 6.45) is 0. The lowest BCUT2D eigenvalue weighted by Gasteiger charge is -2.10. The number of benzene rings is 4. The molecule has 0 saturated carbocycles. The number of hydrogen-bond acceptors (Lipinski definition) is 3. The zero-order valence-electron chi connectivity index (χ0n) is 12.9. The highest BCUT2D eigenvalue weighted by Gasteiger charge is 2.11. The number of fused-ring (bicyclic) bond motifs is 7. The van der Waals surface area contributed by atoms with Crippen LogP contribution in [0.1, 0.15) is 5.56 Å². The largest absolute Gasteiger partial charge is 0.244 e. The molecule has 4 aromatic carbocycles. The molecule has 0 amide bonds. The van der Waals surface area contributed by atoms with Crippen molar-refractivity contribution in [1.29, 1.82) is 0 Å². The van der Waals surface area contributed by atoms with Crippen molar-refractivity contribution in [3.05, 3.63) is 72.3 Å². The van der Waals surface area contributed by atoms with E-state index in [1.165, 1.54) is 10.8 Å². The van der Waals surface area contributed by atoms with Crippen LogP contribution in [0.4, 0.5) is 0 Å². The summed E-state index contributed by atoms with van der Waals surface area (Å²) in [7, 11) is 0. The van der Waals surface area contributed by atoms with Crippen LogP contribution in [0.25, 0.3) is 43.6 Å². The predicted molar refractivity (Wildman–Crippen MR) is 105 cm³/mol. The Bertz CT molecular complexity index is 1240. The molecule has 0 aliphatic carbocycles. The van der Waals surface area contributed by atoms with Gasteiger partial charge in [0.05, 0.1) is 22.1 Å². The van der Waals surface area contributed by atoms with Crippen molar-refractivity contribution in [2.24, 2.45) is 0 Å². The van der Waals surface area contributed by atoms with E-state index in [-0.39, 0.29) is 0 Å². The minimum absolute atomic E-state index is 0.703. The summed E-state index contributed by atoms with van der Waals surface area (Å²) in [6.45, 7) is 0. The average molecular weight is 326 g/mol. The molecule has 0 N–H and O–H groups in total. The van der Waals surface area contributed by atoms with Crippen molar-refractivity contribution in [3.8, 4) is 0 Å². The van der Waals surface area contributed by atoms with Crippen molar-refractivity contribution >= 4 is 56.2 Å². The molecule has 0 saturated heterocycles. The van der Waals surface area contributed by atoms with E-state index in [9.17, 15) is 0 Å². The standard InChI is InChI=1S/C21H14N2S/c24-12-13-9-10-18-19(11-13)23-21-17-8-4-2-6-15(17)14-5-1-3-7-16(14)20(21)22-18/h1-11,24H,12H2. The van der Waals surface area contributed by atoms with Crippen LogP contribution in [0.15, 0.2) is 66.7 Å². The summed E-state index contributed by atoms with van der Waals surface area (Å²) < 4.78 is 0. The average Bonchev–Trinajstić information content (AvgIpc) is 2.66. The number of aromatic nitrogens is 2. The Kier molecular flexibility index (Phi) is 2.97. The smallest absolute Gasteiger partial charge is 0.0979 e. The maximum atomic E-state index is 4.97. The first kappa shape index (κ1) is 13.8. The van der Waals surface area contributed by atoms with Crippen LogP contribution < -0.4 is 0 Å². The molecule has 0 unspecified atom stereocenters. The number of thiol groups is 1. The van der Waals surface area contributed by atoms with Gasteiger partial charge in [-0.1, -0.05) is 54.6 Å². The lowest BCUT2D eigenvalue weighted by Crippen LogP contribution is -1.92. The second-order valence-corrected chi connectivity index (χ2v) is 6.31. The number of rotatable bonds is 1. The second kappa shape index (κ2) is 5.18. The van der Waals surface area contributed by atoms with Gasteiger partial charge in [-0.3, -0.25) is 0 Å². The normalized spacial score (nSPS) is 11.7. The Hall–Kier alpha value is -2.65. The Morgan fingerprint density at radius 3 is 1.75 bits per heavy atom. The molecule has 1 aromatic heterocycles. The van der Waals surface area contributed by atoms with Crippen molar-refractivity contribution in [2.45, 2.75) is 5.75 Å². The van der Waals surface area contributed by atoms with E-state index in [0.717, 1.165) is 38.4 Å². The molecular weight excluding hydrogens is 312 g/mol. The second-order valence-electron chi connectivity index (χ2n) is 5.99. The van der Waals surface area contributed by atoms with E-state index in [4.69, 9.17) is 9.97 Å². The molecular formula is C21H14N2S. The van der Waals surface area contributed by atoms with E-state index in [2.05, 4.69) is 73.3 Å². The fourth-order valence-electron chi connectivity index (χ4n) is 3.42. The number of nitrogens with zero attached hydrogens (tertiary/aromatic N) is 2. The molecule has 0 aliphatic rings. The molecule has 5 rings (SSSR count). The molecule has 1 heterocycles. The molecule has 5 aromatic rings. The van der Waals surface area contributed by atoms with Crippen LogP contribution in [0.5, 0.6) is 0 Å². The van der Waals surface area contributed by atoms with E-state index < -0.39 is 0 Å². The van der Waals surface area contributed by atoms with E-state index in [0.29, 0.717) is 5.75 Å². The van der Waals surface area contributed by atoms with Crippen molar-refractivity contribution in [1.82, 2.24) is 9.97 Å². The fourth-order valence-corrected chi connectivity index (χ4v) is 3.62. The van der Waals surface area contributed by atoms with E-state index in [1.807, 2.05) is 6.07 Å². The summed E-state index contributed by atoms with van der Waals surface area (Å²) in [5.74, 6) is 0.703. The summed E-state index contributed by atoms with van der Waals surface area (Å²) in [6, 6.07) is 23.1. The third-order valence-corrected chi connectivity index (χ3v) is 4.93. The Balaban J connectivity index is 2.07. The molecule has 0 bridgehead atoms. The molecule has 0 fully saturated rings. The van der Waals surface area contributed by atoms with Gasteiger partial charge in [-0.05, 0) is 28.5 Å². The molecule has 114 valence electrons. The predicted octanol–water partition coefficient (Wildman–Crippen LogP) is 5.52. The van der Waals surface area contributed by atoms with Gasteiger partial charge in [0.2, 0.25) is 0 Å². The van der Waals surface area contributed by atoms with Gasteiger partial charge in [-0.2, -0.15) is 12.6 Å². The van der Waals surface area contributed by atoms with Gasteiger partial charge in [0.1, 0.15) is 0 Å². The first-order chi connectivity index (χ1) is 11.8. The Morgan fingerprint density at radius 2 is 1.17 bits per heavy atom. The molecule has 24 heavy (non-hydrogen) atoms. The summed E-state index contributed by atoms with van der Waals surface area (Å²) >= 11 is 4.37. The number of hydrogen-bond donors (Lipinski definition) is 1. The minimum atomic E-state index is 0.703. The van der Waals surface area contributed by atoms with Gasteiger partial charge >= 0.3 is 0 Å². The highest BCUT2D eigenvalue weighted by Crippen LogP contribution is 2.33. The lowest BCUT2D eigenvalue weighted by molar-refractivity contribution is 1.37. The summed E-state index contributed by atoms with van der Waals surface area (Å²) in [5.41, 5.74) is 4.94. The quantitative estimate of drug-likeness (QED) is 0.249. The summed E-state index contributed by atoms with van der Waals surface area (Å²) in [5, 5.41) is 4.75. The topological polar surface area (TPSA) is 25.8 Å². The van der Waals surface area contributed by atoms with Gasteiger partial charge in [-0.25, -0.2) is 9.97 Å². The highest BCUT2D eigenvalue weighted by molar-refractivity contribution is 7.79. The highest BCUT2D eigenvalue weighted by atomic mass is 32.1. The van der Waals surface area contributed by atoms with Gasteiger partial charge in [0.25, 0.3) is 0 Å². The third kappa shape index (κ3) is 1.91. The first-order valence-corrected chi connectivity index (χ1v) is 8.59. The first-order valence-electron chi connectivity index (χ1n) is 7.96. The maximum absolute atomic E-state index is 4.97. The van der Waals surface area contributed by atoms with Crippen LogP contribution in [0, 0.1) is 0 Å². The molecule has 0 radical (unpaired) electrons. The molecule has 3 heteroatoms. The van der Waals surface area contributed by atoms with Gasteiger partial charge in [0.15, 0.2) is 0 Å². The zero-order valence-corrected chi connectivity index (χ0v) is 13.8. The van der Waals surface area contributed by atoms with Gasteiger partial charge in [-0.15, -0.1) is 0 Å². The van der Waals surface area contributed by atoms with Crippen LogP contribution in [-0.2, 0) is 5.75 Å². The molecule has 0 aliphatic heterocycles. The van der Waals surface area contributed by atoms with Crippen molar-refractivity contribution < 1.29 is 0 Å². The van der Waals surface area contributed by atoms with Gasteiger partial charge < -0.3 is 0 Å². The third-order valence-electron chi connectivity index (χ3n) is 4.57. The Morgan fingerprint density at radius 1 is 0.625 bits per heavy atom. The zero-order chi connectivity index (χ0) is 16.1. The SMILES string of the molecule is SCc1ccc2nc3c4ccccc4c4ccccc4c3nc2c1. The van der Waals surface area contributed by atoms with Crippen LogP contribution >= 0.6 is 12.6 Å². The van der Waals surface area contributed by atoms with Crippen LogP contribution in [0.3, 0.4) is 0 Å². The van der Waals surface area contributed by atoms with Crippen LogP contribution in [0.2, 0.25) is 0 Å². The van der Waals surface area contributed by atoms with Crippen molar-refractivity contribution in [3.63, 3.8) is 0 Å². The minimum Gasteiger partial charge on any atom is -0.244 e.